The Balaban J connectivity index is 2.02. The van der Waals surface area contributed by atoms with Gasteiger partial charge in [-0.1, -0.05) is 6.07 Å². The first-order valence-corrected chi connectivity index (χ1v) is 7.89. The number of hydrogen-bond donors (Lipinski definition) is 1. The Hall–Kier alpha value is -1.10. The summed E-state index contributed by atoms with van der Waals surface area (Å²) in [4.78, 5) is 2.47. The van der Waals surface area contributed by atoms with Crippen LogP contribution in [0.1, 0.15) is 30.4 Å². The molecule has 4 nitrogen and oxygen atoms in total. The number of aryl methyl sites for hydroxylation is 1. The molecule has 2 aliphatic rings. The quantitative estimate of drug-likeness (QED) is 0.920. The van der Waals surface area contributed by atoms with E-state index < -0.39 is 0 Å². The molecule has 1 aliphatic heterocycles. The van der Waals surface area contributed by atoms with Crippen molar-refractivity contribution < 1.29 is 9.47 Å². The van der Waals surface area contributed by atoms with E-state index in [0.717, 1.165) is 38.2 Å². The third kappa shape index (κ3) is 2.45. The summed E-state index contributed by atoms with van der Waals surface area (Å²) in [6.07, 6.45) is 4.53. The fourth-order valence-corrected chi connectivity index (χ4v) is 3.94. The predicted octanol–water partition coefficient (Wildman–Crippen LogP) is 1.91. The van der Waals surface area contributed by atoms with E-state index in [1.54, 1.807) is 7.11 Å². The lowest BCUT2D eigenvalue weighted by Gasteiger charge is -2.47. The monoisotopic (exact) mass is 290 g/mol. The molecule has 2 unspecified atom stereocenters. The molecule has 1 saturated heterocycles. The highest BCUT2D eigenvalue weighted by Gasteiger charge is 2.42. The van der Waals surface area contributed by atoms with Crippen molar-refractivity contribution in [3.8, 4) is 5.75 Å². The zero-order valence-electron chi connectivity index (χ0n) is 13.1. The molecule has 0 amide bonds. The van der Waals surface area contributed by atoms with Gasteiger partial charge in [0.15, 0.2) is 0 Å². The van der Waals surface area contributed by atoms with Gasteiger partial charge in [-0.25, -0.2) is 0 Å². The van der Waals surface area contributed by atoms with Gasteiger partial charge in [0.05, 0.1) is 19.3 Å². The molecule has 1 aromatic carbocycles. The minimum absolute atomic E-state index is 0.0828. The van der Waals surface area contributed by atoms with E-state index in [1.807, 2.05) is 0 Å². The minimum atomic E-state index is -0.0828. The smallest absolute Gasteiger partial charge is 0.119 e. The van der Waals surface area contributed by atoms with E-state index in [9.17, 15) is 0 Å². The van der Waals surface area contributed by atoms with Crippen LogP contribution in [0.25, 0.3) is 0 Å². The average Bonchev–Trinajstić information content (AvgIpc) is 3.07. The number of rotatable bonds is 4. The van der Waals surface area contributed by atoms with Gasteiger partial charge in [-0.3, -0.25) is 4.90 Å². The Morgan fingerprint density at radius 3 is 3.00 bits per heavy atom. The average molecular weight is 290 g/mol. The Morgan fingerprint density at radius 2 is 2.33 bits per heavy atom. The molecule has 1 aliphatic carbocycles. The number of hydrogen-bond acceptors (Lipinski definition) is 4. The second-order valence-corrected chi connectivity index (χ2v) is 6.24. The maximum Gasteiger partial charge on any atom is 0.119 e. The Kier molecular flexibility index (Phi) is 4.20. The summed E-state index contributed by atoms with van der Waals surface area (Å²) in [5, 5.41) is 0. The molecule has 2 atom stereocenters. The van der Waals surface area contributed by atoms with Crippen molar-refractivity contribution in [3.05, 3.63) is 29.3 Å². The number of likely N-dealkylation sites (N-methyl/N-ethyl adjacent to an activating group) is 1. The van der Waals surface area contributed by atoms with Gasteiger partial charge in [0.2, 0.25) is 0 Å². The lowest BCUT2D eigenvalue weighted by atomic mass is 9.74. The number of fused-ring (bicyclic) bond motifs is 1. The van der Waals surface area contributed by atoms with Gasteiger partial charge >= 0.3 is 0 Å². The highest BCUT2D eigenvalue weighted by molar-refractivity contribution is 5.42. The molecule has 3 rings (SSSR count). The highest BCUT2D eigenvalue weighted by atomic mass is 16.5. The third-order valence-corrected chi connectivity index (χ3v) is 5.32. The van der Waals surface area contributed by atoms with Crippen molar-refractivity contribution >= 4 is 0 Å². The van der Waals surface area contributed by atoms with Gasteiger partial charge in [0, 0.05) is 19.2 Å². The lowest BCUT2D eigenvalue weighted by Crippen LogP contribution is -2.55. The van der Waals surface area contributed by atoms with Crippen molar-refractivity contribution in [2.45, 2.75) is 37.3 Å². The number of nitrogens with two attached hydrogens (primary N) is 1. The molecule has 0 bridgehead atoms. The van der Waals surface area contributed by atoms with E-state index in [2.05, 4.69) is 30.1 Å². The molecule has 1 heterocycles. The van der Waals surface area contributed by atoms with E-state index in [1.165, 1.54) is 17.5 Å². The number of ether oxygens (including phenoxy) is 2. The number of methoxy groups -OCH3 is 1. The first kappa shape index (κ1) is 14.8. The Labute approximate surface area is 127 Å². The third-order valence-electron chi connectivity index (χ3n) is 5.32. The van der Waals surface area contributed by atoms with Crippen molar-refractivity contribution in [2.75, 3.05) is 33.9 Å². The van der Waals surface area contributed by atoms with E-state index in [4.69, 9.17) is 15.2 Å². The maximum absolute atomic E-state index is 6.29. The van der Waals surface area contributed by atoms with Crippen LogP contribution in [0, 0.1) is 0 Å². The zero-order valence-corrected chi connectivity index (χ0v) is 13.1. The molecule has 116 valence electrons. The molecule has 0 aromatic heterocycles. The summed E-state index contributed by atoms with van der Waals surface area (Å²) in [5.74, 6) is 0.921. The fraction of sp³-hybridized carbons (Fsp3) is 0.647. The molecular formula is C17H26N2O2. The molecule has 0 radical (unpaired) electrons. The van der Waals surface area contributed by atoms with Crippen LogP contribution in [-0.4, -0.2) is 44.9 Å². The Bertz CT molecular complexity index is 500. The molecule has 4 heteroatoms. The van der Waals surface area contributed by atoms with Crippen LogP contribution >= 0.6 is 0 Å². The van der Waals surface area contributed by atoms with E-state index in [-0.39, 0.29) is 5.54 Å². The zero-order chi connectivity index (χ0) is 14.9. The second-order valence-electron chi connectivity index (χ2n) is 6.24. The molecular weight excluding hydrogens is 264 g/mol. The summed E-state index contributed by atoms with van der Waals surface area (Å²) in [6, 6.07) is 6.92. The van der Waals surface area contributed by atoms with Crippen LogP contribution in [0.5, 0.6) is 5.75 Å². The van der Waals surface area contributed by atoms with E-state index in [0.29, 0.717) is 12.6 Å². The molecule has 1 aromatic rings. The highest BCUT2D eigenvalue weighted by Crippen LogP contribution is 2.42. The van der Waals surface area contributed by atoms with Gasteiger partial charge in [-0.2, -0.15) is 0 Å². The van der Waals surface area contributed by atoms with Crippen molar-refractivity contribution in [1.29, 1.82) is 0 Å². The molecule has 21 heavy (non-hydrogen) atoms. The standard InChI is InChI=1S/C17H26N2O2/c1-19(14-7-9-21-11-14)17(12-18)8-3-4-13-5-6-15(20-2)10-16(13)17/h5-6,10,14H,3-4,7-9,11-12,18H2,1-2H3. The molecule has 0 saturated carbocycles. The summed E-state index contributed by atoms with van der Waals surface area (Å²) >= 11 is 0. The molecule has 0 spiro atoms. The van der Waals surface area contributed by atoms with Crippen LogP contribution in [0.2, 0.25) is 0 Å². The van der Waals surface area contributed by atoms with Crippen LogP contribution < -0.4 is 10.5 Å². The minimum Gasteiger partial charge on any atom is -0.497 e. The maximum atomic E-state index is 6.29. The summed E-state index contributed by atoms with van der Waals surface area (Å²) < 4.78 is 11.0. The Morgan fingerprint density at radius 1 is 1.48 bits per heavy atom. The lowest BCUT2D eigenvalue weighted by molar-refractivity contribution is 0.0499. The predicted molar refractivity (Wildman–Crippen MR) is 83.7 cm³/mol. The van der Waals surface area contributed by atoms with Gasteiger partial charge < -0.3 is 15.2 Å². The number of benzene rings is 1. The van der Waals surface area contributed by atoms with Crippen molar-refractivity contribution in [1.82, 2.24) is 4.90 Å². The van der Waals surface area contributed by atoms with Crippen molar-refractivity contribution in [2.24, 2.45) is 5.73 Å². The number of nitrogens with zero attached hydrogens (tertiary/aromatic N) is 1. The normalized spacial score (nSPS) is 28.7. The summed E-state index contributed by atoms with van der Waals surface area (Å²) in [6.45, 7) is 2.32. The van der Waals surface area contributed by atoms with Gasteiger partial charge in [0.25, 0.3) is 0 Å². The summed E-state index contributed by atoms with van der Waals surface area (Å²) in [7, 11) is 3.93. The fourth-order valence-electron chi connectivity index (χ4n) is 3.94. The topological polar surface area (TPSA) is 47.7 Å². The molecule has 2 N–H and O–H groups in total. The van der Waals surface area contributed by atoms with Crippen LogP contribution in [-0.2, 0) is 16.7 Å². The van der Waals surface area contributed by atoms with Crippen molar-refractivity contribution in [3.63, 3.8) is 0 Å². The first-order chi connectivity index (χ1) is 10.2. The van der Waals surface area contributed by atoms with Crippen LogP contribution in [0.15, 0.2) is 18.2 Å². The van der Waals surface area contributed by atoms with E-state index >= 15 is 0 Å². The van der Waals surface area contributed by atoms with Crippen LogP contribution in [0.3, 0.4) is 0 Å². The largest absolute Gasteiger partial charge is 0.497 e. The summed E-state index contributed by atoms with van der Waals surface area (Å²) in [5.41, 5.74) is 8.97. The van der Waals surface area contributed by atoms with Crippen LogP contribution in [0.4, 0.5) is 0 Å². The second kappa shape index (κ2) is 5.95. The van der Waals surface area contributed by atoms with Gasteiger partial charge in [0.1, 0.15) is 5.75 Å². The SMILES string of the molecule is COc1ccc2c(c1)C(CN)(N(C)C1CCOC1)CCC2. The van der Waals surface area contributed by atoms with Gasteiger partial charge in [-0.15, -0.1) is 0 Å². The first-order valence-electron chi connectivity index (χ1n) is 7.89. The van der Waals surface area contributed by atoms with Gasteiger partial charge in [-0.05, 0) is 56.0 Å². The molecule has 1 fully saturated rings.